The van der Waals surface area contributed by atoms with Crippen LogP contribution in [-0.4, -0.2) is 24.2 Å². The predicted octanol–water partition coefficient (Wildman–Crippen LogP) is 3.83. The van der Waals surface area contributed by atoms with E-state index in [9.17, 15) is 4.79 Å². The Morgan fingerprint density at radius 1 is 1.32 bits per heavy atom. The van der Waals surface area contributed by atoms with Crippen molar-refractivity contribution in [2.24, 2.45) is 11.8 Å². The molecular weight excluding hydrogens is 262 g/mol. The summed E-state index contributed by atoms with van der Waals surface area (Å²) >= 11 is 6.05. The number of rotatable bonds is 6. The van der Waals surface area contributed by atoms with Crippen molar-refractivity contribution in [1.82, 2.24) is 0 Å². The molecule has 106 valence electrons. The van der Waals surface area contributed by atoms with Gasteiger partial charge in [-0.15, -0.1) is 0 Å². The van der Waals surface area contributed by atoms with Crippen molar-refractivity contribution in [3.8, 4) is 0 Å². The van der Waals surface area contributed by atoms with E-state index in [1.165, 1.54) is 0 Å². The van der Waals surface area contributed by atoms with Gasteiger partial charge in [0.15, 0.2) is 0 Å². The molecule has 1 N–H and O–H groups in total. The Bertz CT molecular complexity index is 446. The number of hydrogen-bond donors (Lipinski definition) is 1. The third-order valence-corrected chi connectivity index (χ3v) is 3.25. The highest BCUT2D eigenvalue weighted by molar-refractivity contribution is 6.30. The Hall–Kier alpha value is -1.22. The lowest BCUT2D eigenvalue weighted by molar-refractivity contribution is -0.140. The fourth-order valence-electron chi connectivity index (χ4n) is 2.04. The number of carbonyl (C=O) groups is 1. The Balaban J connectivity index is 3.01. The normalized spacial score (nSPS) is 12.5. The summed E-state index contributed by atoms with van der Waals surface area (Å²) in [6, 6.07) is 5.73. The van der Waals surface area contributed by atoms with Gasteiger partial charge in [-0.2, -0.15) is 0 Å². The summed E-state index contributed by atoms with van der Waals surface area (Å²) in [4.78, 5) is 13.2. The van der Waals surface area contributed by atoms with Crippen LogP contribution >= 0.6 is 11.6 Å². The average Bonchev–Trinajstić information content (AvgIpc) is 2.30. The lowest BCUT2D eigenvalue weighted by Crippen LogP contribution is -2.35. The molecule has 0 spiro atoms. The summed E-state index contributed by atoms with van der Waals surface area (Å²) in [6.45, 7) is 9.31. The van der Waals surface area contributed by atoms with Gasteiger partial charge in [-0.05, 0) is 30.5 Å². The molecule has 4 heteroatoms. The largest absolute Gasteiger partial charge is 0.481 e. The van der Waals surface area contributed by atoms with E-state index in [-0.39, 0.29) is 0 Å². The molecule has 0 saturated heterocycles. The minimum Gasteiger partial charge on any atom is -0.481 e. The number of benzene rings is 1. The third-order valence-electron chi connectivity index (χ3n) is 3.01. The monoisotopic (exact) mass is 283 g/mol. The fourth-order valence-corrected chi connectivity index (χ4v) is 2.21. The van der Waals surface area contributed by atoms with Crippen molar-refractivity contribution in [2.45, 2.75) is 27.7 Å². The SMILES string of the molecule is Cc1ccc(Cl)cc1N(CC(C)C)CC(C)C(=O)O. The van der Waals surface area contributed by atoms with Gasteiger partial charge in [0, 0.05) is 23.8 Å². The van der Waals surface area contributed by atoms with Crippen LogP contribution in [-0.2, 0) is 4.79 Å². The molecule has 0 bridgehead atoms. The van der Waals surface area contributed by atoms with Crippen LogP contribution in [0.5, 0.6) is 0 Å². The van der Waals surface area contributed by atoms with Crippen LogP contribution in [0.4, 0.5) is 5.69 Å². The molecule has 0 amide bonds. The zero-order chi connectivity index (χ0) is 14.6. The summed E-state index contributed by atoms with van der Waals surface area (Å²) < 4.78 is 0. The molecule has 0 radical (unpaired) electrons. The number of anilines is 1. The Kier molecular flexibility index (Phi) is 5.67. The minimum absolute atomic E-state index is 0.405. The molecule has 1 unspecified atom stereocenters. The average molecular weight is 284 g/mol. The van der Waals surface area contributed by atoms with Crippen LogP contribution in [0, 0.1) is 18.8 Å². The number of hydrogen-bond acceptors (Lipinski definition) is 2. The van der Waals surface area contributed by atoms with Gasteiger partial charge >= 0.3 is 5.97 Å². The zero-order valence-corrected chi connectivity index (χ0v) is 12.7. The molecule has 0 aliphatic heterocycles. The van der Waals surface area contributed by atoms with Crippen molar-refractivity contribution < 1.29 is 9.90 Å². The van der Waals surface area contributed by atoms with Crippen molar-refractivity contribution in [3.05, 3.63) is 28.8 Å². The summed E-state index contributed by atoms with van der Waals surface area (Å²) in [5.41, 5.74) is 2.14. The van der Waals surface area contributed by atoms with Gasteiger partial charge in [0.05, 0.1) is 5.92 Å². The third kappa shape index (κ3) is 4.75. The van der Waals surface area contributed by atoms with Crippen molar-refractivity contribution in [1.29, 1.82) is 0 Å². The van der Waals surface area contributed by atoms with E-state index in [0.29, 0.717) is 17.5 Å². The summed E-state index contributed by atoms with van der Waals surface area (Å²) in [6.07, 6.45) is 0. The number of aryl methyl sites for hydroxylation is 1. The zero-order valence-electron chi connectivity index (χ0n) is 12.0. The van der Waals surface area contributed by atoms with E-state index >= 15 is 0 Å². The molecule has 1 atom stereocenters. The second-order valence-electron chi connectivity index (χ2n) is 5.47. The second kappa shape index (κ2) is 6.80. The topological polar surface area (TPSA) is 40.5 Å². The van der Waals surface area contributed by atoms with Crippen LogP contribution < -0.4 is 4.90 Å². The number of aliphatic carboxylic acids is 1. The van der Waals surface area contributed by atoms with Crippen LogP contribution in [0.3, 0.4) is 0 Å². The van der Waals surface area contributed by atoms with Gasteiger partial charge in [0.2, 0.25) is 0 Å². The summed E-state index contributed by atoms with van der Waals surface area (Å²) in [5, 5.41) is 9.76. The molecule has 0 aliphatic carbocycles. The van der Waals surface area contributed by atoms with E-state index in [1.54, 1.807) is 6.92 Å². The number of halogens is 1. The van der Waals surface area contributed by atoms with Crippen molar-refractivity contribution >= 4 is 23.3 Å². The van der Waals surface area contributed by atoms with Crippen molar-refractivity contribution in [3.63, 3.8) is 0 Å². The molecule has 1 aromatic rings. The first-order valence-corrected chi connectivity index (χ1v) is 6.93. The number of nitrogens with zero attached hydrogens (tertiary/aromatic N) is 1. The predicted molar refractivity (Wildman–Crippen MR) is 80.0 cm³/mol. The van der Waals surface area contributed by atoms with Gasteiger partial charge in [-0.1, -0.05) is 38.4 Å². The van der Waals surface area contributed by atoms with Crippen LogP contribution in [0.1, 0.15) is 26.3 Å². The van der Waals surface area contributed by atoms with Gasteiger partial charge in [0.1, 0.15) is 0 Å². The van der Waals surface area contributed by atoms with Crippen LogP contribution in [0.15, 0.2) is 18.2 Å². The van der Waals surface area contributed by atoms with Gasteiger partial charge in [0.25, 0.3) is 0 Å². The first-order valence-electron chi connectivity index (χ1n) is 6.55. The van der Waals surface area contributed by atoms with Gasteiger partial charge in [-0.25, -0.2) is 0 Å². The molecule has 0 fully saturated rings. The van der Waals surface area contributed by atoms with Crippen LogP contribution in [0.2, 0.25) is 5.02 Å². The molecule has 19 heavy (non-hydrogen) atoms. The molecular formula is C15H22ClNO2. The van der Waals surface area contributed by atoms with Crippen molar-refractivity contribution in [2.75, 3.05) is 18.0 Å². The quantitative estimate of drug-likeness (QED) is 0.862. The maximum absolute atomic E-state index is 11.1. The fraction of sp³-hybridized carbons (Fsp3) is 0.533. The molecule has 0 aliphatic rings. The molecule has 0 saturated carbocycles. The lowest BCUT2D eigenvalue weighted by Gasteiger charge is -2.30. The van der Waals surface area contributed by atoms with E-state index in [2.05, 4.69) is 18.7 Å². The van der Waals surface area contributed by atoms with Gasteiger partial charge in [-0.3, -0.25) is 4.79 Å². The van der Waals surface area contributed by atoms with E-state index < -0.39 is 11.9 Å². The summed E-state index contributed by atoms with van der Waals surface area (Å²) in [7, 11) is 0. The van der Waals surface area contributed by atoms with E-state index in [4.69, 9.17) is 16.7 Å². The highest BCUT2D eigenvalue weighted by Crippen LogP contribution is 2.26. The summed E-state index contributed by atoms with van der Waals surface area (Å²) in [5.74, 6) is -0.718. The first kappa shape index (κ1) is 15.8. The van der Waals surface area contributed by atoms with E-state index in [0.717, 1.165) is 17.8 Å². The Morgan fingerprint density at radius 3 is 2.47 bits per heavy atom. The maximum atomic E-state index is 11.1. The highest BCUT2D eigenvalue weighted by Gasteiger charge is 2.18. The first-order chi connectivity index (χ1) is 8.81. The molecule has 1 rings (SSSR count). The molecule has 0 aromatic heterocycles. The van der Waals surface area contributed by atoms with E-state index in [1.807, 2.05) is 25.1 Å². The molecule has 3 nitrogen and oxygen atoms in total. The maximum Gasteiger partial charge on any atom is 0.308 e. The lowest BCUT2D eigenvalue weighted by atomic mass is 10.1. The van der Waals surface area contributed by atoms with Crippen LogP contribution in [0.25, 0.3) is 0 Å². The smallest absolute Gasteiger partial charge is 0.308 e. The highest BCUT2D eigenvalue weighted by atomic mass is 35.5. The minimum atomic E-state index is -0.770. The number of carboxylic acids is 1. The Morgan fingerprint density at radius 2 is 1.95 bits per heavy atom. The molecule has 1 aromatic carbocycles. The van der Waals surface area contributed by atoms with Gasteiger partial charge < -0.3 is 10.0 Å². The molecule has 0 heterocycles. The second-order valence-corrected chi connectivity index (χ2v) is 5.91. The number of carboxylic acid groups (broad SMARTS) is 1. The standard InChI is InChI=1S/C15H22ClNO2/c1-10(2)8-17(9-12(4)15(18)19)14-7-13(16)6-5-11(14)3/h5-7,10,12H,8-9H2,1-4H3,(H,18,19). The Labute approximate surface area is 120 Å².